The molecule has 6 heavy (non-hydrogen) atoms. The lowest BCUT2D eigenvalue weighted by Crippen LogP contribution is -2.12. The number of aliphatic hydroxyl groups is 1. The van der Waals surface area contributed by atoms with Gasteiger partial charge in [-0.25, -0.2) is 0 Å². The maximum absolute atomic E-state index is 8.29. The summed E-state index contributed by atoms with van der Waals surface area (Å²) in [7, 11) is 0. The van der Waals surface area contributed by atoms with Crippen LogP contribution in [0.15, 0.2) is 0 Å². The van der Waals surface area contributed by atoms with Crippen molar-refractivity contribution in [3.05, 3.63) is 0 Å². The topological polar surface area (TPSA) is 23.5 Å². The lowest BCUT2D eigenvalue weighted by molar-refractivity contribution is 0.132. The third-order valence-electron chi connectivity index (χ3n) is 0.282. The Kier molecular flexibility index (Phi) is 2.86. The van der Waals surface area contributed by atoms with E-state index in [1.165, 1.54) is 6.92 Å². The SMILES string of the molecule is CC(O)N(Cl)Cl. The third-order valence-corrected chi connectivity index (χ3v) is 0.847. The fraction of sp³-hybridized carbons (Fsp3) is 1.00. The Morgan fingerprint density at radius 2 is 1.83 bits per heavy atom. The fourth-order valence-corrected chi connectivity index (χ4v) is 0. The number of halogens is 2. The molecule has 0 aromatic carbocycles. The van der Waals surface area contributed by atoms with E-state index in [-0.39, 0.29) is 0 Å². The molecule has 0 rings (SSSR count). The number of nitrogens with zero attached hydrogens (tertiary/aromatic N) is 1. The summed E-state index contributed by atoms with van der Waals surface area (Å²) in [5.41, 5.74) is 0. The summed E-state index contributed by atoms with van der Waals surface area (Å²) in [6.45, 7) is 1.46. The second kappa shape index (κ2) is 2.64. The summed E-state index contributed by atoms with van der Waals surface area (Å²) in [5, 5.41) is 8.29. The van der Waals surface area contributed by atoms with Gasteiger partial charge in [0.15, 0.2) is 0 Å². The second-order valence-corrected chi connectivity index (χ2v) is 1.79. The van der Waals surface area contributed by atoms with E-state index in [2.05, 4.69) is 0 Å². The monoisotopic (exact) mass is 129 g/mol. The lowest BCUT2D eigenvalue weighted by Gasteiger charge is -2.03. The van der Waals surface area contributed by atoms with E-state index < -0.39 is 6.23 Å². The minimum atomic E-state index is -0.784. The zero-order valence-corrected chi connectivity index (χ0v) is 4.74. The summed E-state index contributed by atoms with van der Waals surface area (Å²) in [6.07, 6.45) is -0.784. The Labute approximate surface area is 46.5 Å². The van der Waals surface area contributed by atoms with Gasteiger partial charge in [-0.2, -0.15) is 0 Å². The summed E-state index contributed by atoms with van der Waals surface area (Å²) in [6, 6.07) is 0. The van der Waals surface area contributed by atoms with Gasteiger partial charge in [0.2, 0.25) is 0 Å². The molecule has 0 aliphatic rings. The van der Waals surface area contributed by atoms with Crippen LogP contribution in [-0.2, 0) is 0 Å². The molecule has 1 unspecified atom stereocenters. The summed E-state index contributed by atoms with van der Waals surface area (Å²) < 4.78 is 0.667. The van der Waals surface area contributed by atoms with Crippen LogP contribution >= 0.6 is 23.6 Å². The molecule has 0 saturated heterocycles. The number of aliphatic hydroxyl groups excluding tert-OH is 1. The molecule has 38 valence electrons. The van der Waals surface area contributed by atoms with Gasteiger partial charge in [-0.05, 0) is 30.5 Å². The first kappa shape index (κ1) is 6.50. The zero-order valence-electron chi connectivity index (χ0n) is 3.23. The average Bonchev–Trinajstić information content (AvgIpc) is 1.36. The molecule has 0 radical (unpaired) electrons. The average molecular weight is 130 g/mol. The predicted molar refractivity (Wildman–Crippen MR) is 25.2 cm³/mol. The molecule has 1 N–H and O–H groups in total. The molecular formula is C2H5Cl2NO. The highest BCUT2D eigenvalue weighted by Gasteiger charge is 1.99. The first-order valence-electron chi connectivity index (χ1n) is 1.43. The van der Waals surface area contributed by atoms with Gasteiger partial charge in [-0.15, -0.1) is 3.94 Å². The van der Waals surface area contributed by atoms with Gasteiger partial charge in [0.05, 0.1) is 0 Å². The number of rotatable bonds is 1. The molecule has 0 aliphatic carbocycles. The van der Waals surface area contributed by atoms with Crippen LogP contribution in [0.1, 0.15) is 6.92 Å². The molecule has 0 fully saturated rings. The van der Waals surface area contributed by atoms with Crippen molar-refractivity contribution < 1.29 is 5.11 Å². The summed E-state index contributed by atoms with van der Waals surface area (Å²) in [4.78, 5) is 0. The molecule has 0 aromatic rings. The van der Waals surface area contributed by atoms with Crippen molar-refractivity contribution in [1.29, 1.82) is 0 Å². The second-order valence-electron chi connectivity index (χ2n) is 0.891. The van der Waals surface area contributed by atoms with Crippen molar-refractivity contribution in [3.8, 4) is 0 Å². The van der Waals surface area contributed by atoms with Crippen molar-refractivity contribution in [3.63, 3.8) is 0 Å². The quantitative estimate of drug-likeness (QED) is 0.421. The summed E-state index contributed by atoms with van der Waals surface area (Å²) in [5.74, 6) is 0. The van der Waals surface area contributed by atoms with Gasteiger partial charge in [-0.3, -0.25) is 0 Å². The highest BCUT2D eigenvalue weighted by molar-refractivity contribution is 6.33. The molecule has 0 aliphatic heterocycles. The minimum absolute atomic E-state index is 0.667. The van der Waals surface area contributed by atoms with Gasteiger partial charge in [0.1, 0.15) is 6.23 Å². The van der Waals surface area contributed by atoms with Crippen molar-refractivity contribution in [2.24, 2.45) is 0 Å². The van der Waals surface area contributed by atoms with Gasteiger partial charge in [0.25, 0.3) is 0 Å². The van der Waals surface area contributed by atoms with Gasteiger partial charge in [0, 0.05) is 0 Å². The highest BCUT2D eigenvalue weighted by atomic mass is 35.5. The normalized spacial score (nSPS) is 15.5. The molecule has 0 bridgehead atoms. The van der Waals surface area contributed by atoms with E-state index in [0.717, 1.165) is 0 Å². The van der Waals surface area contributed by atoms with Crippen LogP contribution in [0.5, 0.6) is 0 Å². The third kappa shape index (κ3) is 2.72. The molecular weight excluding hydrogens is 125 g/mol. The number of hydrogen-bond donors (Lipinski definition) is 1. The Morgan fingerprint density at radius 3 is 1.83 bits per heavy atom. The van der Waals surface area contributed by atoms with E-state index in [1.807, 2.05) is 0 Å². The van der Waals surface area contributed by atoms with E-state index in [4.69, 9.17) is 28.7 Å². The van der Waals surface area contributed by atoms with Crippen LogP contribution in [0, 0.1) is 0 Å². The molecule has 0 saturated carbocycles. The Bertz CT molecular complexity index is 32.5. The molecule has 0 aromatic heterocycles. The lowest BCUT2D eigenvalue weighted by atomic mass is 10.7. The van der Waals surface area contributed by atoms with E-state index in [9.17, 15) is 0 Å². The highest BCUT2D eigenvalue weighted by Crippen LogP contribution is 2.01. The van der Waals surface area contributed by atoms with Crippen LogP contribution in [0.2, 0.25) is 0 Å². The van der Waals surface area contributed by atoms with Gasteiger partial charge < -0.3 is 5.11 Å². The van der Waals surface area contributed by atoms with E-state index in [0.29, 0.717) is 3.94 Å². The summed E-state index contributed by atoms with van der Waals surface area (Å²) >= 11 is 9.92. The van der Waals surface area contributed by atoms with Crippen LogP contribution in [0.4, 0.5) is 0 Å². The molecule has 2 nitrogen and oxygen atoms in total. The van der Waals surface area contributed by atoms with Crippen LogP contribution in [0.3, 0.4) is 0 Å². The van der Waals surface area contributed by atoms with Crippen LogP contribution < -0.4 is 0 Å². The Hall–Kier alpha value is 0.500. The standard InChI is InChI=1S/C2H5Cl2NO/c1-2(6)5(3)4/h2,6H,1H3. The van der Waals surface area contributed by atoms with E-state index >= 15 is 0 Å². The van der Waals surface area contributed by atoms with Crippen LogP contribution in [-0.4, -0.2) is 15.3 Å². The maximum Gasteiger partial charge on any atom is 0.133 e. The Morgan fingerprint density at radius 1 is 1.67 bits per heavy atom. The minimum Gasteiger partial charge on any atom is -0.376 e. The van der Waals surface area contributed by atoms with Crippen molar-refractivity contribution in [2.75, 3.05) is 0 Å². The van der Waals surface area contributed by atoms with Gasteiger partial charge in [-0.1, -0.05) is 0 Å². The van der Waals surface area contributed by atoms with Gasteiger partial charge >= 0.3 is 0 Å². The Balaban J connectivity index is 2.99. The zero-order chi connectivity index (χ0) is 5.15. The first-order chi connectivity index (χ1) is 2.64. The molecule has 1 atom stereocenters. The smallest absolute Gasteiger partial charge is 0.133 e. The largest absolute Gasteiger partial charge is 0.376 e. The predicted octanol–water partition coefficient (Wildman–Crippen LogP) is 0.934. The molecule has 4 heteroatoms. The molecule has 0 amide bonds. The fourth-order valence-electron chi connectivity index (χ4n) is 0. The van der Waals surface area contributed by atoms with Crippen LogP contribution in [0.25, 0.3) is 0 Å². The first-order valence-corrected chi connectivity index (χ1v) is 2.11. The van der Waals surface area contributed by atoms with Crippen molar-refractivity contribution in [1.82, 2.24) is 3.94 Å². The number of hydrogen-bond acceptors (Lipinski definition) is 2. The molecule has 0 heterocycles. The molecule has 0 spiro atoms. The van der Waals surface area contributed by atoms with Crippen molar-refractivity contribution in [2.45, 2.75) is 13.2 Å². The van der Waals surface area contributed by atoms with E-state index in [1.54, 1.807) is 0 Å². The maximum atomic E-state index is 8.29. The van der Waals surface area contributed by atoms with Crippen molar-refractivity contribution >= 4 is 23.6 Å².